The molecule has 0 aromatic heterocycles. The third kappa shape index (κ3) is 4.96. The first kappa shape index (κ1) is 37.4. The number of benzene rings is 2. The summed E-state index contributed by atoms with van der Waals surface area (Å²) in [6.07, 6.45) is 2.64. The number of rotatable bonds is 12. The second-order valence-electron chi connectivity index (χ2n) is 16.4. The minimum Gasteiger partial charge on any atom is -0.504 e. The van der Waals surface area contributed by atoms with Gasteiger partial charge >= 0.3 is 11.9 Å². The Hall–Kier alpha value is -3.52. The molecular weight excluding hydrogens is 694 g/mol. The quantitative estimate of drug-likeness (QED) is 0.238. The highest BCUT2D eigenvalue weighted by atomic mass is 16.6. The summed E-state index contributed by atoms with van der Waals surface area (Å²) in [7, 11) is 8.28. The van der Waals surface area contributed by atoms with Crippen LogP contribution >= 0.6 is 0 Å². The minimum atomic E-state index is -1.57. The van der Waals surface area contributed by atoms with Gasteiger partial charge in [0.2, 0.25) is 0 Å². The van der Waals surface area contributed by atoms with Crippen LogP contribution in [0.2, 0.25) is 0 Å². The number of nitrogens with zero attached hydrogens (tertiary/aromatic N) is 1. The second-order valence-corrected chi connectivity index (χ2v) is 16.4. The molecule has 1 spiro atoms. The molecule has 54 heavy (non-hydrogen) atoms. The summed E-state index contributed by atoms with van der Waals surface area (Å²) in [4.78, 5) is 31.0. The van der Waals surface area contributed by atoms with Gasteiger partial charge in [0.15, 0.2) is 11.5 Å². The monoisotopic (exact) mass is 747 g/mol. The van der Waals surface area contributed by atoms with Crippen molar-refractivity contribution in [2.24, 2.45) is 34.5 Å². The molecule has 13 atom stereocenters. The number of ether oxygens (including phenoxy) is 7. The lowest BCUT2D eigenvalue weighted by Crippen LogP contribution is -2.77. The lowest BCUT2D eigenvalue weighted by atomic mass is 9.43. The topological polar surface area (TPSA) is 142 Å². The molecule has 0 amide bonds. The van der Waals surface area contributed by atoms with E-state index in [1.165, 1.54) is 19.3 Å². The molecule has 5 saturated carbocycles. The number of aliphatic hydroxyl groups is 1. The van der Waals surface area contributed by atoms with Crippen molar-refractivity contribution in [2.45, 2.75) is 74.3 Å². The van der Waals surface area contributed by atoms with Crippen LogP contribution in [0.25, 0.3) is 6.08 Å². The van der Waals surface area contributed by atoms with Gasteiger partial charge in [0.05, 0.1) is 37.6 Å². The van der Waals surface area contributed by atoms with Crippen LogP contribution in [-0.4, -0.2) is 124 Å². The van der Waals surface area contributed by atoms with Crippen LogP contribution in [0.15, 0.2) is 54.6 Å². The number of methoxy groups -OCH3 is 5. The lowest BCUT2D eigenvalue weighted by Gasteiger charge is -2.69. The Morgan fingerprint density at radius 1 is 0.963 bits per heavy atom. The molecule has 1 aliphatic heterocycles. The van der Waals surface area contributed by atoms with Gasteiger partial charge in [-0.1, -0.05) is 31.2 Å². The van der Waals surface area contributed by atoms with E-state index < -0.39 is 52.6 Å². The Kier molecular flexibility index (Phi) is 9.42. The standard InChI is InChI=1S/C42H53NO11/c1-7-43-22-39(23-48-2)18-17-29(50-4)42-26-20-40(47)30(51-5)21-41(33(36(42)43)34(52-6)35(39)42,32(26)37(40)53-38(46)25-11-9-8-10-12-25)54-31(45)16-14-24-13-15-27(44)28(19-24)49-3/h8-16,19,26,29-30,32-37,44,47H,7,17-18,20-23H2,1-6H3/b16-14+/t26-,29?,30+,32-,33+,34+,35-,36-,37-,39+,40-,41-,42+/m1/s1. The number of phenolic OH excluding ortho intramolecular Hbond substituents is 1. The summed E-state index contributed by atoms with van der Waals surface area (Å²) in [6.45, 7) is 4.21. The molecule has 1 heterocycles. The van der Waals surface area contributed by atoms with Gasteiger partial charge in [0, 0.05) is 82.1 Å². The highest BCUT2D eigenvalue weighted by Gasteiger charge is 2.89. The number of esters is 2. The summed E-state index contributed by atoms with van der Waals surface area (Å²) in [6, 6.07) is 13.4. The van der Waals surface area contributed by atoms with E-state index in [2.05, 4.69) is 11.8 Å². The summed E-state index contributed by atoms with van der Waals surface area (Å²) in [5, 5.41) is 23.2. The number of likely N-dealkylation sites (tertiary alicyclic amines) is 1. The Labute approximate surface area is 316 Å². The molecular formula is C42H53NO11. The Bertz CT molecular complexity index is 1790. The van der Waals surface area contributed by atoms with Gasteiger partial charge in [-0.3, -0.25) is 4.90 Å². The molecule has 7 bridgehead atoms. The normalized spacial score (nSPS) is 41.5. The number of piperidine rings is 1. The Morgan fingerprint density at radius 2 is 1.72 bits per heavy atom. The van der Waals surface area contributed by atoms with E-state index in [1.54, 1.807) is 70.9 Å². The van der Waals surface area contributed by atoms with Crippen molar-refractivity contribution in [3.63, 3.8) is 0 Å². The third-order valence-corrected chi connectivity index (χ3v) is 14.6. The molecule has 0 radical (unpaired) electrons. The summed E-state index contributed by atoms with van der Waals surface area (Å²) in [5.41, 5.74) is -2.73. The van der Waals surface area contributed by atoms with Gasteiger partial charge in [0.1, 0.15) is 17.3 Å². The molecule has 2 N–H and O–H groups in total. The van der Waals surface area contributed by atoms with E-state index in [-0.39, 0.29) is 59.8 Å². The van der Waals surface area contributed by atoms with Gasteiger partial charge in [-0.2, -0.15) is 0 Å². The number of carbonyl (C=O) groups excluding carboxylic acids is 2. The maximum absolute atomic E-state index is 14.4. The molecule has 5 aliphatic carbocycles. The summed E-state index contributed by atoms with van der Waals surface area (Å²) < 4.78 is 44.3. The number of aromatic hydroxyl groups is 1. The molecule has 2 aromatic carbocycles. The summed E-state index contributed by atoms with van der Waals surface area (Å²) in [5.74, 6) is -2.26. The Balaban J connectivity index is 1.33. The van der Waals surface area contributed by atoms with Gasteiger partial charge in [-0.05, 0) is 67.6 Å². The molecule has 1 saturated heterocycles. The van der Waals surface area contributed by atoms with Crippen molar-refractivity contribution in [1.29, 1.82) is 0 Å². The smallest absolute Gasteiger partial charge is 0.338 e. The average molecular weight is 748 g/mol. The van der Waals surface area contributed by atoms with Crippen LogP contribution < -0.4 is 4.74 Å². The van der Waals surface area contributed by atoms with Gasteiger partial charge in [0.25, 0.3) is 0 Å². The van der Waals surface area contributed by atoms with Crippen molar-refractivity contribution in [1.82, 2.24) is 4.90 Å². The van der Waals surface area contributed by atoms with E-state index in [9.17, 15) is 19.8 Å². The van der Waals surface area contributed by atoms with Gasteiger partial charge in [-0.25, -0.2) is 9.59 Å². The molecule has 6 fully saturated rings. The van der Waals surface area contributed by atoms with E-state index in [0.29, 0.717) is 17.7 Å². The SMILES string of the molecule is CCN1C[C@]2(COC)CCC(OC)[C@@]34[C@@H]5C[C@@]6(O)[C@@H](OC)C[C@@](OC(=O)/C=C/c7ccc(O)c(OC)c7)([C@H]5[C@H]6OC(=O)c5ccccc5)[C@@H]([C@H](OC)[C@H]23)[C@@H]14. The van der Waals surface area contributed by atoms with Crippen molar-refractivity contribution in [3.8, 4) is 11.5 Å². The molecule has 6 aliphatic rings. The highest BCUT2D eigenvalue weighted by Crippen LogP contribution is 2.80. The minimum absolute atomic E-state index is 0.0137. The number of hydrogen-bond acceptors (Lipinski definition) is 12. The summed E-state index contributed by atoms with van der Waals surface area (Å²) >= 11 is 0. The van der Waals surface area contributed by atoms with Crippen LogP contribution in [0.1, 0.15) is 48.5 Å². The Morgan fingerprint density at radius 3 is 2.39 bits per heavy atom. The van der Waals surface area contributed by atoms with E-state index in [4.69, 9.17) is 33.2 Å². The van der Waals surface area contributed by atoms with Crippen molar-refractivity contribution >= 4 is 18.0 Å². The first-order valence-electron chi connectivity index (χ1n) is 19.1. The first-order valence-corrected chi connectivity index (χ1v) is 19.1. The van der Waals surface area contributed by atoms with Crippen molar-refractivity contribution in [2.75, 3.05) is 55.2 Å². The van der Waals surface area contributed by atoms with Gasteiger partial charge < -0.3 is 43.4 Å². The van der Waals surface area contributed by atoms with Crippen molar-refractivity contribution in [3.05, 3.63) is 65.7 Å². The number of hydrogen-bond donors (Lipinski definition) is 2. The molecule has 1 unspecified atom stereocenters. The fraction of sp³-hybridized carbons (Fsp3) is 0.619. The molecule has 12 nitrogen and oxygen atoms in total. The van der Waals surface area contributed by atoms with E-state index in [1.807, 2.05) is 6.07 Å². The fourth-order valence-electron chi connectivity index (χ4n) is 13.2. The van der Waals surface area contributed by atoms with Crippen LogP contribution in [0.5, 0.6) is 11.5 Å². The van der Waals surface area contributed by atoms with Gasteiger partial charge in [-0.15, -0.1) is 0 Å². The lowest BCUT2D eigenvalue weighted by molar-refractivity contribution is -0.286. The number of fused-ring (bicyclic) bond motifs is 2. The van der Waals surface area contributed by atoms with Crippen molar-refractivity contribution < 1.29 is 53.0 Å². The maximum atomic E-state index is 14.4. The molecule has 2 aromatic rings. The van der Waals surface area contributed by atoms with Crippen LogP contribution in [0.4, 0.5) is 0 Å². The maximum Gasteiger partial charge on any atom is 0.338 e. The van der Waals surface area contributed by atoms with Crippen LogP contribution in [-0.2, 0) is 33.2 Å². The fourth-order valence-corrected chi connectivity index (χ4v) is 13.2. The molecule has 8 rings (SSSR count). The predicted octanol–water partition coefficient (Wildman–Crippen LogP) is 4.11. The molecule has 292 valence electrons. The predicted molar refractivity (Wildman–Crippen MR) is 196 cm³/mol. The van der Waals surface area contributed by atoms with E-state index >= 15 is 0 Å². The third-order valence-electron chi connectivity index (χ3n) is 14.6. The number of phenols is 1. The zero-order valence-corrected chi connectivity index (χ0v) is 31.9. The zero-order chi connectivity index (χ0) is 38.2. The largest absolute Gasteiger partial charge is 0.504 e. The highest BCUT2D eigenvalue weighted by molar-refractivity contribution is 5.90. The van der Waals surface area contributed by atoms with Crippen LogP contribution in [0.3, 0.4) is 0 Å². The second kappa shape index (κ2) is 13.6. The number of carbonyl (C=O) groups is 2. The molecule has 12 heteroatoms. The first-order chi connectivity index (χ1) is 26.0. The zero-order valence-electron chi connectivity index (χ0n) is 31.9. The average Bonchev–Trinajstić information content (AvgIpc) is 3.56. The van der Waals surface area contributed by atoms with E-state index in [0.717, 1.165) is 25.9 Å². The van der Waals surface area contributed by atoms with Crippen LogP contribution in [0, 0.1) is 34.5 Å².